The first-order chi connectivity index (χ1) is 36.1. The van der Waals surface area contributed by atoms with Gasteiger partial charge in [0, 0.05) is 75.7 Å². The number of rotatable bonds is 16. The molecule has 0 amide bonds. The maximum Gasteiger partial charge on any atom is 0.448 e. The summed E-state index contributed by atoms with van der Waals surface area (Å²) >= 11 is 64.5. The van der Waals surface area contributed by atoms with Gasteiger partial charge < -0.3 is 38.8 Å². The van der Waals surface area contributed by atoms with Crippen molar-refractivity contribution in [2.24, 2.45) is 0 Å². The second kappa shape index (κ2) is 49.4. The van der Waals surface area contributed by atoms with Gasteiger partial charge in [-0.3, -0.25) is 4.57 Å². The number of hydrogen-bond acceptors (Lipinski definition) is 9. The Kier molecular flexibility index (Phi) is 57.9. The zero-order valence-electron chi connectivity index (χ0n) is 50.2. The van der Waals surface area contributed by atoms with Gasteiger partial charge in [-0.2, -0.15) is 0 Å². The van der Waals surface area contributed by atoms with E-state index in [1.165, 1.54) is 25.2 Å². The second-order valence-electron chi connectivity index (χ2n) is 18.9. The molecule has 4 rings (SSSR count). The first-order valence-electron chi connectivity index (χ1n) is 25.3. The van der Waals surface area contributed by atoms with Crippen LogP contribution in [0.1, 0.15) is 113 Å². The Bertz CT molecular complexity index is 1770. The van der Waals surface area contributed by atoms with E-state index in [1.54, 1.807) is 45.9 Å². The van der Waals surface area contributed by atoms with Gasteiger partial charge in [0.2, 0.25) is 0 Å². The molecule has 79 heavy (non-hydrogen) atoms. The van der Waals surface area contributed by atoms with Crippen LogP contribution in [-0.4, -0.2) is 141 Å². The number of alkyl halides is 4. The summed E-state index contributed by atoms with van der Waals surface area (Å²) in [4.78, 5) is 2.38. The number of aliphatic hydroxyl groups excluding tert-OH is 1. The summed E-state index contributed by atoms with van der Waals surface area (Å²) in [6, 6.07) is 18.1. The van der Waals surface area contributed by atoms with Crippen LogP contribution < -0.4 is 5.32 Å². The molecule has 2 heterocycles. The Hall–Kier alpha value is 2.50. The Morgan fingerprint density at radius 1 is 0.734 bits per heavy atom. The van der Waals surface area contributed by atoms with Crippen LogP contribution in [0.2, 0.25) is 24.2 Å². The molecule has 2 fully saturated rings. The maximum atomic E-state index is 9.73. The van der Waals surface area contributed by atoms with Gasteiger partial charge in [-0.05, 0) is 115 Å². The number of allylic oxidation sites excluding steroid dienone is 4. The normalized spacial score (nSPS) is 19.3. The molecule has 0 bridgehead atoms. The van der Waals surface area contributed by atoms with E-state index in [2.05, 4.69) is 96.3 Å². The van der Waals surface area contributed by atoms with Crippen molar-refractivity contribution in [2.75, 3.05) is 44.4 Å². The summed E-state index contributed by atoms with van der Waals surface area (Å²) in [5.41, 5.74) is -0.487. The monoisotopic (exact) mass is 1640 g/mol. The molecule has 0 spiro atoms. The minimum atomic E-state index is -2.50. The topological polar surface area (TPSA) is 107 Å². The zero-order chi connectivity index (χ0) is 63.7. The van der Waals surface area contributed by atoms with Gasteiger partial charge in [0.25, 0.3) is 0 Å². The van der Waals surface area contributed by atoms with E-state index >= 15 is 0 Å². The standard InChI is InChI=1S/C13H18ClNOSi.C10H15NO.C9H17ClO2Si.C6H15N.C6H14O2.2C3H5Cl3Si.2CH2Cl2.BH.U/c1-4-10-17(14)15(3)11(2)13(16-17)12-8-6-5-7-9-12;1-8(11-2)10(12)9-6-4-3-5-7-9;1-6-7-13(10)11-8(2,3)9(4,5)12-13;1-4-7(5-2)6-3;1-5(2,7)6(3,4)8;2*1-2-3-7(4,5)6;2*2-1-3;;/h4-9,11,13H,1,10H2,2-3H3;3-8,10-12H,1-2H3;6H,1,7H2,2-5H3;4-6H2,1-3H3;7-8H,1-4H3;2*2H,1,3H2;2*1H2;1H;/t11-,13+,17?;8-,10+;;;;;;;;;/m00........./s1/i;;;;;;;;;1D;. The molecule has 2 aromatic rings. The van der Waals surface area contributed by atoms with E-state index in [-0.39, 0.29) is 65.1 Å². The molecule has 0 aliphatic carbocycles. The van der Waals surface area contributed by atoms with Gasteiger partial charge in [-0.25, -0.2) is 0 Å². The first kappa shape index (κ1) is 92.7. The Labute approximate surface area is 568 Å². The molecule has 9 nitrogen and oxygen atoms in total. The van der Waals surface area contributed by atoms with Gasteiger partial charge in [0.15, 0.2) is 0 Å². The SMILES string of the molecule is C=CC[Si](Cl)(Cl)Cl.C=CC[Si](Cl)(Cl)Cl.C=CC[Si]1(Cl)OC(C)(C)C(C)(C)O1.C=CC[Si]1(Cl)O[C@@H](c2ccccc2)[C@H](C)N1C.CC(C)(O)C(C)(C)O.CCN(CC)CC.CN[C@@H](C)[C@@H](O)c1ccccc1.ClCCl.ClCCl.[2H][B].[U]. The summed E-state index contributed by atoms with van der Waals surface area (Å²) in [5, 5.41) is 31.3. The number of nitrogens with zero attached hydrogens (tertiary/aromatic N) is 2. The molecule has 0 aromatic heterocycles. The third-order valence-corrected chi connectivity index (χ3v) is 23.7. The number of benzene rings is 2. The van der Waals surface area contributed by atoms with E-state index in [0.717, 1.165) is 11.6 Å². The minimum absolute atomic E-state index is 0. The minimum Gasteiger partial charge on any atom is -0.387 e. The summed E-state index contributed by atoms with van der Waals surface area (Å²) in [6.45, 7) is 42.9. The molecular formula is C52H94BCl12N3O6Si4U. The predicted octanol–water partition coefficient (Wildman–Crippen LogP) is 17.5. The molecule has 2 radical (unpaired) electrons. The van der Waals surface area contributed by atoms with Crippen LogP contribution >= 0.6 is 135 Å². The van der Waals surface area contributed by atoms with Crippen LogP contribution in [-0.2, 0) is 13.3 Å². The van der Waals surface area contributed by atoms with E-state index in [1.807, 2.05) is 96.3 Å². The maximum absolute atomic E-state index is 9.73. The van der Waals surface area contributed by atoms with Crippen molar-refractivity contribution in [2.45, 2.75) is 161 Å². The average molecular weight is 1640 g/mol. The van der Waals surface area contributed by atoms with Gasteiger partial charge >= 0.3 is 27.7 Å². The van der Waals surface area contributed by atoms with E-state index < -0.39 is 45.0 Å². The molecule has 2 aliphatic rings. The summed E-state index contributed by atoms with van der Waals surface area (Å²) in [6.07, 6.45) is 6.52. The van der Waals surface area contributed by atoms with Crippen LogP contribution in [0.15, 0.2) is 111 Å². The molecule has 4 N–H and O–H groups in total. The van der Waals surface area contributed by atoms with Crippen LogP contribution in [0, 0.1) is 31.1 Å². The van der Waals surface area contributed by atoms with E-state index in [0.29, 0.717) is 24.2 Å². The summed E-state index contributed by atoms with van der Waals surface area (Å²) in [5.74, 6) is 0. The molecule has 27 heteroatoms. The predicted molar refractivity (Wildman–Crippen MR) is 364 cm³/mol. The molecule has 5 atom stereocenters. The van der Waals surface area contributed by atoms with Crippen LogP contribution in [0.5, 0.6) is 0 Å². The van der Waals surface area contributed by atoms with Crippen molar-refractivity contribution in [3.05, 3.63) is 122 Å². The zero-order valence-corrected chi connectivity index (χ0v) is 66.4. The number of aliphatic hydroxyl groups is 3. The van der Waals surface area contributed by atoms with Gasteiger partial charge in [0.05, 0.1) is 45.3 Å². The number of hydrogen-bond donors (Lipinski definition) is 4. The van der Waals surface area contributed by atoms with Gasteiger partial charge in [-0.15, -0.1) is 150 Å². The fourth-order valence-corrected chi connectivity index (χ4v) is 15.7. The van der Waals surface area contributed by atoms with E-state index in [9.17, 15) is 5.11 Å². The molecule has 2 saturated heterocycles. The van der Waals surface area contributed by atoms with Crippen LogP contribution in [0.25, 0.3) is 0 Å². The van der Waals surface area contributed by atoms with E-state index in [4.69, 9.17) is 160 Å². The fourth-order valence-electron chi connectivity index (χ4n) is 5.62. The van der Waals surface area contributed by atoms with Gasteiger partial charge in [0.1, 0.15) is 0 Å². The smallest absolute Gasteiger partial charge is 0.387 e. The third-order valence-electron chi connectivity index (χ3n) is 11.7. The molecule has 2 aliphatic heterocycles. The molecular weight excluding hydrogens is 1550 g/mol. The Balaban J connectivity index is -0.000000155. The number of halogens is 12. The van der Waals surface area contributed by atoms with Crippen molar-refractivity contribution in [1.82, 2.24) is 14.8 Å². The Morgan fingerprint density at radius 2 is 1.06 bits per heavy atom. The molecule has 460 valence electrons. The van der Waals surface area contributed by atoms with Crippen LogP contribution in [0.4, 0.5) is 0 Å². The van der Waals surface area contributed by atoms with Crippen molar-refractivity contribution in [3.8, 4) is 0 Å². The number of nitrogens with one attached hydrogen (secondary N) is 1. The quantitative estimate of drug-likeness (QED) is 0.0566. The van der Waals surface area contributed by atoms with Crippen molar-refractivity contribution >= 4 is 171 Å². The Morgan fingerprint density at radius 3 is 1.30 bits per heavy atom. The van der Waals surface area contributed by atoms with Crippen molar-refractivity contribution < 1.29 is 59.7 Å². The second-order valence-corrected chi connectivity index (χ2v) is 47.3. The summed E-state index contributed by atoms with van der Waals surface area (Å²) < 4.78 is 25.2. The van der Waals surface area contributed by atoms with Crippen molar-refractivity contribution in [1.29, 1.82) is 1.34 Å². The molecule has 1 unspecified atom stereocenters. The molecule has 2 aromatic carbocycles. The largest absolute Gasteiger partial charge is 0.448 e. The summed E-state index contributed by atoms with van der Waals surface area (Å²) in [7, 11) is 2.83. The first-order valence-corrected chi connectivity index (χ1v) is 43.5. The van der Waals surface area contributed by atoms with Gasteiger partial charge in [-0.1, -0.05) is 117 Å². The molecule has 0 saturated carbocycles. The van der Waals surface area contributed by atoms with Crippen LogP contribution in [0.3, 0.4) is 0 Å². The fraction of sp³-hybridized carbons (Fsp3) is 0.615. The third kappa shape index (κ3) is 46.3. The number of likely N-dealkylation sites (N-methyl/N-ethyl adjacent to an activating group) is 2. The average Bonchev–Trinajstić information content (AvgIpc) is 3.67. The van der Waals surface area contributed by atoms with Crippen molar-refractivity contribution in [3.63, 3.8) is 0 Å².